The van der Waals surface area contributed by atoms with Gasteiger partial charge in [0.15, 0.2) is 6.61 Å². The van der Waals surface area contributed by atoms with Crippen molar-refractivity contribution in [1.29, 1.82) is 0 Å². The number of amides is 1. The molecule has 0 saturated heterocycles. The zero-order chi connectivity index (χ0) is 15.8. The van der Waals surface area contributed by atoms with Crippen LogP contribution in [-0.2, 0) is 14.3 Å². The molecule has 0 heterocycles. The summed E-state index contributed by atoms with van der Waals surface area (Å²) in [5, 5.41) is 3.35. The van der Waals surface area contributed by atoms with E-state index in [1.54, 1.807) is 24.3 Å². The predicted molar refractivity (Wildman–Crippen MR) is 83.9 cm³/mol. The van der Waals surface area contributed by atoms with E-state index in [4.69, 9.17) is 16.3 Å². The lowest BCUT2D eigenvalue weighted by Crippen LogP contribution is -2.38. The topological polar surface area (TPSA) is 55.4 Å². The Balaban J connectivity index is 2.39. The third-order valence-corrected chi connectivity index (χ3v) is 3.23. The summed E-state index contributed by atoms with van der Waals surface area (Å²) in [6.45, 7) is 5.63. The Kier molecular flexibility index (Phi) is 6.96. The van der Waals surface area contributed by atoms with Gasteiger partial charge in [-0.05, 0) is 36.6 Å². The highest BCUT2D eigenvalue weighted by Crippen LogP contribution is 2.11. The Bertz CT molecular complexity index is 526. The fourth-order valence-corrected chi connectivity index (χ4v) is 1.62. The van der Waals surface area contributed by atoms with Crippen molar-refractivity contribution in [3.8, 4) is 0 Å². The molecule has 1 atom stereocenters. The highest BCUT2D eigenvalue weighted by Gasteiger charge is 2.11. The van der Waals surface area contributed by atoms with E-state index in [1.807, 2.05) is 26.8 Å². The number of hydrogen-bond donors (Lipinski definition) is 1. The normalized spacial score (nSPS) is 12.4. The lowest BCUT2D eigenvalue weighted by Gasteiger charge is -2.16. The molecule has 0 radical (unpaired) electrons. The molecule has 1 aromatic carbocycles. The Labute approximate surface area is 130 Å². The van der Waals surface area contributed by atoms with Gasteiger partial charge in [-0.25, -0.2) is 4.79 Å². The van der Waals surface area contributed by atoms with Gasteiger partial charge in [0.25, 0.3) is 5.91 Å². The van der Waals surface area contributed by atoms with Crippen LogP contribution in [0.25, 0.3) is 6.08 Å². The van der Waals surface area contributed by atoms with Gasteiger partial charge in [-0.1, -0.05) is 37.6 Å². The van der Waals surface area contributed by atoms with Gasteiger partial charge < -0.3 is 10.1 Å². The van der Waals surface area contributed by atoms with Crippen LogP contribution >= 0.6 is 11.6 Å². The van der Waals surface area contributed by atoms with Gasteiger partial charge in [-0.3, -0.25) is 4.79 Å². The van der Waals surface area contributed by atoms with Crippen LogP contribution < -0.4 is 5.32 Å². The maximum atomic E-state index is 11.6. The van der Waals surface area contributed by atoms with E-state index in [1.165, 1.54) is 6.08 Å². The fourth-order valence-electron chi connectivity index (χ4n) is 1.42. The lowest BCUT2D eigenvalue weighted by molar-refractivity contribution is -0.144. The van der Waals surface area contributed by atoms with Crippen molar-refractivity contribution in [3.05, 3.63) is 40.9 Å². The largest absolute Gasteiger partial charge is 0.452 e. The highest BCUT2D eigenvalue weighted by molar-refractivity contribution is 6.30. The molecule has 0 fully saturated rings. The minimum Gasteiger partial charge on any atom is -0.452 e. The number of rotatable bonds is 6. The summed E-state index contributed by atoms with van der Waals surface area (Å²) in [7, 11) is 0. The molecular weight excluding hydrogens is 290 g/mol. The molecule has 0 spiro atoms. The quantitative estimate of drug-likeness (QED) is 0.649. The summed E-state index contributed by atoms with van der Waals surface area (Å²) >= 11 is 5.83. The summed E-state index contributed by atoms with van der Waals surface area (Å²) in [6.07, 6.45) is 2.85. The molecule has 0 aliphatic rings. The SMILES string of the molecule is CC(C)C(C)NC(=O)COC(=O)/C=C/c1cccc(Cl)c1. The van der Waals surface area contributed by atoms with Crippen molar-refractivity contribution < 1.29 is 14.3 Å². The van der Waals surface area contributed by atoms with E-state index < -0.39 is 5.97 Å². The zero-order valence-electron chi connectivity index (χ0n) is 12.4. The van der Waals surface area contributed by atoms with Gasteiger partial charge in [-0.2, -0.15) is 0 Å². The average Bonchev–Trinajstić information content (AvgIpc) is 2.42. The van der Waals surface area contributed by atoms with Gasteiger partial charge in [0.2, 0.25) is 0 Å². The minimum absolute atomic E-state index is 0.0400. The average molecular weight is 310 g/mol. The maximum absolute atomic E-state index is 11.6. The lowest BCUT2D eigenvalue weighted by atomic mass is 10.1. The summed E-state index contributed by atoms with van der Waals surface area (Å²) in [4.78, 5) is 23.1. The number of nitrogens with one attached hydrogen (secondary N) is 1. The Morgan fingerprint density at radius 2 is 2.05 bits per heavy atom. The molecule has 114 valence electrons. The molecule has 0 aliphatic heterocycles. The molecular formula is C16H20ClNO3. The van der Waals surface area contributed by atoms with Crippen molar-refractivity contribution in [1.82, 2.24) is 5.32 Å². The van der Waals surface area contributed by atoms with Gasteiger partial charge in [0.1, 0.15) is 0 Å². The molecule has 0 aliphatic carbocycles. The summed E-state index contributed by atoms with van der Waals surface area (Å²) in [5.74, 6) is -0.546. The molecule has 1 amide bonds. The second kappa shape index (κ2) is 8.47. The monoisotopic (exact) mass is 309 g/mol. The predicted octanol–water partition coefficient (Wildman–Crippen LogP) is 3.06. The van der Waals surface area contributed by atoms with Crippen LogP contribution in [-0.4, -0.2) is 24.5 Å². The second-order valence-electron chi connectivity index (χ2n) is 5.10. The van der Waals surface area contributed by atoms with Gasteiger partial charge in [0, 0.05) is 17.1 Å². The van der Waals surface area contributed by atoms with Gasteiger partial charge in [-0.15, -0.1) is 0 Å². The number of carbonyl (C=O) groups is 2. The summed E-state index contributed by atoms with van der Waals surface area (Å²) < 4.78 is 4.87. The molecule has 1 unspecified atom stereocenters. The maximum Gasteiger partial charge on any atom is 0.331 e. The van der Waals surface area contributed by atoms with Crippen LogP contribution in [0.4, 0.5) is 0 Å². The number of carbonyl (C=O) groups excluding carboxylic acids is 2. The van der Waals surface area contributed by atoms with E-state index in [0.29, 0.717) is 10.9 Å². The molecule has 0 bridgehead atoms. The Morgan fingerprint density at radius 1 is 1.33 bits per heavy atom. The first-order valence-electron chi connectivity index (χ1n) is 6.78. The van der Waals surface area contributed by atoms with Crippen LogP contribution in [0.2, 0.25) is 5.02 Å². The smallest absolute Gasteiger partial charge is 0.331 e. The minimum atomic E-state index is -0.567. The van der Waals surface area contributed by atoms with Crippen LogP contribution in [0.5, 0.6) is 0 Å². The number of esters is 1. The van der Waals surface area contributed by atoms with Gasteiger partial charge >= 0.3 is 5.97 Å². The molecule has 0 saturated carbocycles. The molecule has 1 N–H and O–H groups in total. The Morgan fingerprint density at radius 3 is 2.67 bits per heavy atom. The van der Waals surface area contributed by atoms with Crippen LogP contribution in [0.15, 0.2) is 30.3 Å². The van der Waals surface area contributed by atoms with Crippen LogP contribution in [0.1, 0.15) is 26.3 Å². The first-order chi connectivity index (χ1) is 9.88. The third-order valence-electron chi connectivity index (χ3n) is 2.99. The van der Waals surface area contributed by atoms with Crippen LogP contribution in [0.3, 0.4) is 0 Å². The standard InChI is InChI=1S/C16H20ClNO3/c1-11(2)12(3)18-15(19)10-21-16(20)8-7-13-5-4-6-14(17)9-13/h4-9,11-12H,10H2,1-3H3,(H,18,19)/b8-7+. The highest BCUT2D eigenvalue weighted by atomic mass is 35.5. The number of benzene rings is 1. The van der Waals surface area contributed by atoms with Crippen molar-refractivity contribution >= 4 is 29.6 Å². The number of hydrogen-bond acceptors (Lipinski definition) is 3. The van der Waals surface area contributed by atoms with Crippen molar-refractivity contribution in [2.45, 2.75) is 26.8 Å². The first-order valence-corrected chi connectivity index (χ1v) is 7.16. The number of halogens is 1. The van der Waals surface area contributed by atoms with Crippen LogP contribution in [0, 0.1) is 5.92 Å². The molecule has 4 nitrogen and oxygen atoms in total. The summed E-state index contributed by atoms with van der Waals surface area (Å²) in [5.41, 5.74) is 0.789. The number of ether oxygens (including phenoxy) is 1. The molecule has 1 aromatic rings. The molecule has 21 heavy (non-hydrogen) atoms. The van der Waals surface area contributed by atoms with Crippen molar-refractivity contribution in [2.24, 2.45) is 5.92 Å². The van der Waals surface area contributed by atoms with E-state index in [0.717, 1.165) is 5.56 Å². The fraction of sp³-hybridized carbons (Fsp3) is 0.375. The first kappa shape index (κ1) is 17.2. The zero-order valence-corrected chi connectivity index (χ0v) is 13.2. The third kappa shape index (κ3) is 6.95. The van der Waals surface area contributed by atoms with Crippen molar-refractivity contribution in [3.63, 3.8) is 0 Å². The molecule has 0 aromatic heterocycles. The Hall–Kier alpha value is -1.81. The van der Waals surface area contributed by atoms with E-state index in [9.17, 15) is 9.59 Å². The molecule has 5 heteroatoms. The summed E-state index contributed by atoms with van der Waals surface area (Å²) in [6, 6.07) is 7.11. The second-order valence-corrected chi connectivity index (χ2v) is 5.53. The van der Waals surface area contributed by atoms with E-state index in [-0.39, 0.29) is 18.6 Å². The van der Waals surface area contributed by atoms with Gasteiger partial charge in [0.05, 0.1) is 0 Å². The van der Waals surface area contributed by atoms with E-state index >= 15 is 0 Å². The van der Waals surface area contributed by atoms with E-state index in [2.05, 4.69) is 5.32 Å². The molecule has 1 rings (SSSR count). The van der Waals surface area contributed by atoms with Crippen molar-refractivity contribution in [2.75, 3.05) is 6.61 Å².